The highest BCUT2D eigenvalue weighted by molar-refractivity contribution is 6.30. The number of amides is 2. The minimum absolute atomic E-state index is 0.0622. The van der Waals surface area contributed by atoms with Gasteiger partial charge < -0.3 is 20.6 Å². The largest absolute Gasteiger partial charge is 0.405 e. The number of hydrogen-bond acceptors (Lipinski definition) is 5. The molecule has 0 saturated carbocycles. The zero-order chi connectivity index (χ0) is 21.9. The predicted molar refractivity (Wildman–Crippen MR) is 100 cm³/mol. The zero-order valence-corrected chi connectivity index (χ0v) is 16.3. The minimum Gasteiger partial charge on any atom is -0.394 e. The van der Waals surface area contributed by atoms with Crippen LogP contribution in [0.25, 0.3) is 0 Å². The van der Waals surface area contributed by atoms with Crippen molar-refractivity contribution in [2.24, 2.45) is 0 Å². The van der Waals surface area contributed by atoms with Crippen molar-refractivity contribution >= 4 is 23.6 Å². The number of fused-ring (bicyclic) bond motifs is 1. The van der Waals surface area contributed by atoms with Crippen molar-refractivity contribution in [1.82, 2.24) is 20.2 Å². The van der Waals surface area contributed by atoms with Gasteiger partial charge in [0.2, 0.25) is 5.95 Å². The lowest BCUT2D eigenvalue weighted by Crippen LogP contribution is -2.45. The van der Waals surface area contributed by atoms with Gasteiger partial charge in [0.15, 0.2) is 0 Å². The first-order chi connectivity index (χ1) is 14.2. The summed E-state index contributed by atoms with van der Waals surface area (Å²) >= 11 is 5.75. The van der Waals surface area contributed by atoms with Crippen LogP contribution in [0.3, 0.4) is 0 Å². The first kappa shape index (κ1) is 22.0. The molecule has 30 heavy (non-hydrogen) atoms. The maximum atomic E-state index is 13.3. The monoisotopic (exact) mass is 447 g/mol. The number of alkyl halides is 3. The molecule has 0 fully saturated rings. The molecular weight excluding hydrogens is 430 g/mol. The first-order valence-corrected chi connectivity index (χ1v) is 9.30. The number of urea groups is 1. The Bertz CT molecular complexity index is 928. The van der Waals surface area contributed by atoms with E-state index >= 15 is 0 Å². The number of benzene rings is 1. The Kier molecular flexibility index (Phi) is 6.61. The van der Waals surface area contributed by atoms with Crippen molar-refractivity contribution in [1.29, 1.82) is 0 Å². The number of nitrogens with zero attached hydrogens (tertiary/aromatic N) is 3. The fourth-order valence-electron chi connectivity index (χ4n) is 2.94. The Morgan fingerprint density at radius 2 is 2.13 bits per heavy atom. The molecule has 0 saturated heterocycles. The van der Waals surface area contributed by atoms with Crippen LogP contribution in [-0.4, -0.2) is 51.9 Å². The van der Waals surface area contributed by atoms with Gasteiger partial charge in [0.1, 0.15) is 12.4 Å². The number of aliphatic hydroxyl groups is 1. The summed E-state index contributed by atoms with van der Waals surface area (Å²) in [4.78, 5) is 22.0. The predicted octanol–water partition coefficient (Wildman–Crippen LogP) is 3.04. The van der Waals surface area contributed by atoms with Crippen LogP contribution >= 0.6 is 11.6 Å². The molecule has 3 rings (SSSR count). The number of aliphatic hydroxyl groups excluding tert-OH is 1. The van der Waals surface area contributed by atoms with Gasteiger partial charge in [-0.25, -0.2) is 19.2 Å². The molecule has 162 valence electrons. The number of rotatable bonds is 5. The molecule has 7 nitrogen and oxygen atoms in total. The van der Waals surface area contributed by atoms with Crippen molar-refractivity contribution in [3.63, 3.8) is 0 Å². The van der Waals surface area contributed by atoms with Crippen LogP contribution in [0.5, 0.6) is 0 Å². The number of aromatic nitrogens is 2. The van der Waals surface area contributed by atoms with Crippen LogP contribution in [0.4, 0.5) is 28.3 Å². The lowest BCUT2D eigenvalue weighted by Gasteiger charge is -2.30. The second-order valence-electron chi connectivity index (χ2n) is 6.66. The Labute approximate surface area is 174 Å². The topological polar surface area (TPSA) is 90.4 Å². The highest BCUT2D eigenvalue weighted by atomic mass is 35.5. The molecule has 0 spiro atoms. The number of nitrogens with one attached hydrogen (secondary N) is 2. The summed E-state index contributed by atoms with van der Waals surface area (Å²) < 4.78 is 50.4. The average molecular weight is 448 g/mol. The molecule has 0 radical (unpaired) electrons. The molecule has 0 aliphatic carbocycles. The Balaban J connectivity index is 1.67. The third-order valence-corrected chi connectivity index (χ3v) is 4.80. The smallest absolute Gasteiger partial charge is 0.394 e. The summed E-state index contributed by atoms with van der Waals surface area (Å²) in [5, 5.41) is 14.2. The molecule has 2 heterocycles. The second-order valence-corrected chi connectivity index (χ2v) is 7.07. The normalized spacial score (nSPS) is 14.8. The van der Waals surface area contributed by atoms with Crippen LogP contribution in [0.2, 0.25) is 5.02 Å². The van der Waals surface area contributed by atoms with E-state index in [2.05, 4.69) is 20.6 Å². The number of carbonyl (C=O) groups excluding carboxylic acids is 1. The Morgan fingerprint density at radius 3 is 2.80 bits per heavy atom. The maximum Gasteiger partial charge on any atom is 0.405 e. The van der Waals surface area contributed by atoms with Gasteiger partial charge in [-0.2, -0.15) is 13.2 Å². The Hall–Kier alpha value is -2.66. The molecule has 1 aromatic heterocycles. The highest BCUT2D eigenvalue weighted by Gasteiger charge is 2.28. The lowest BCUT2D eigenvalue weighted by molar-refractivity contribution is -0.115. The highest BCUT2D eigenvalue weighted by Crippen LogP contribution is 2.23. The van der Waals surface area contributed by atoms with E-state index in [9.17, 15) is 27.5 Å². The van der Waals surface area contributed by atoms with Gasteiger partial charge in [-0.05, 0) is 29.7 Å². The molecule has 1 aliphatic heterocycles. The van der Waals surface area contributed by atoms with Crippen LogP contribution < -0.4 is 10.6 Å². The summed E-state index contributed by atoms with van der Waals surface area (Å²) in [6.45, 7) is -1.31. The van der Waals surface area contributed by atoms with Gasteiger partial charge >= 0.3 is 12.2 Å². The molecule has 3 N–H and O–H groups in total. The SMILES string of the molecule is O=C(N[C@H](CO)c1ccc(F)c(Cl)c1)N1CCc2cnc(NCC(F)(F)F)nc2C1. The standard InChI is InChI=1S/C18H18ClF4N5O2/c19-12-5-10(1-2-13(12)20)15(8-29)27-17(30)28-4-3-11-6-24-16(26-14(11)7-28)25-9-18(21,22)23/h1-2,5-6,15,29H,3-4,7-9H2,(H,27,30)(H,24,25,26)/t15-/m1/s1. The quantitative estimate of drug-likeness (QED) is 0.613. The molecule has 0 bridgehead atoms. The van der Waals surface area contributed by atoms with E-state index < -0.39 is 37.2 Å². The molecule has 1 aliphatic rings. The third-order valence-electron chi connectivity index (χ3n) is 4.51. The average Bonchev–Trinajstić information content (AvgIpc) is 2.71. The number of carbonyl (C=O) groups is 1. The van der Waals surface area contributed by atoms with E-state index in [1.54, 1.807) is 0 Å². The van der Waals surface area contributed by atoms with Gasteiger partial charge in [-0.15, -0.1) is 0 Å². The van der Waals surface area contributed by atoms with Crippen molar-refractivity contribution in [3.05, 3.63) is 52.1 Å². The van der Waals surface area contributed by atoms with Gasteiger partial charge in [0, 0.05) is 12.7 Å². The van der Waals surface area contributed by atoms with Gasteiger partial charge in [-0.3, -0.25) is 0 Å². The van der Waals surface area contributed by atoms with E-state index in [0.717, 1.165) is 11.6 Å². The summed E-state index contributed by atoms with van der Waals surface area (Å²) in [6.07, 6.45) is -2.55. The van der Waals surface area contributed by atoms with E-state index in [4.69, 9.17) is 11.6 Å². The van der Waals surface area contributed by atoms with Crippen molar-refractivity contribution in [2.75, 3.05) is 25.0 Å². The molecule has 12 heteroatoms. The van der Waals surface area contributed by atoms with E-state index in [-0.39, 0.29) is 17.5 Å². The van der Waals surface area contributed by atoms with Gasteiger partial charge in [0.05, 0.1) is 29.9 Å². The molecule has 0 unspecified atom stereocenters. The second kappa shape index (κ2) is 9.00. The van der Waals surface area contributed by atoms with E-state index in [1.807, 2.05) is 0 Å². The van der Waals surface area contributed by atoms with Crippen molar-refractivity contribution in [3.8, 4) is 0 Å². The molecule has 2 amide bonds. The zero-order valence-electron chi connectivity index (χ0n) is 15.5. The Morgan fingerprint density at radius 1 is 1.37 bits per heavy atom. The minimum atomic E-state index is -4.41. The molecule has 1 aromatic carbocycles. The summed E-state index contributed by atoms with van der Waals surface area (Å²) in [5.41, 5.74) is 1.60. The fraction of sp³-hybridized carbons (Fsp3) is 0.389. The molecule has 2 aromatic rings. The van der Waals surface area contributed by atoms with Crippen LogP contribution in [0, 0.1) is 5.82 Å². The van der Waals surface area contributed by atoms with Crippen LogP contribution in [-0.2, 0) is 13.0 Å². The first-order valence-electron chi connectivity index (χ1n) is 8.93. The third kappa shape index (κ3) is 5.48. The van der Waals surface area contributed by atoms with Crippen molar-refractivity contribution < 1.29 is 27.5 Å². The number of hydrogen-bond donors (Lipinski definition) is 3. The van der Waals surface area contributed by atoms with Crippen LogP contribution in [0.1, 0.15) is 22.9 Å². The van der Waals surface area contributed by atoms with Gasteiger partial charge in [0.25, 0.3) is 0 Å². The lowest BCUT2D eigenvalue weighted by atomic mass is 10.1. The maximum absolute atomic E-state index is 13.3. The summed E-state index contributed by atoms with van der Waals surface area (Å²) in [7, 11) is 0. The summed E-state index contributed by atoms with van der Waals surface area (Å²) in [6, 6.07) is 2.53. The van der Waals surface area contributed by atoms with Gasteiger partial charge in [-0.1, -0.05) is 17.7 Å². The molecule has 1 atom stereocenters. The fourth-order valence-corrected chi connectivity index (χ4v) is 3.13. The molecular formula is C18H18ClF4N5O2. The van der Waals surface area contributed by atoms with Crippen molar-refractivity contribution in [2.45, 2.75) is 25.2 Å². The van der Waals surface area contributed by atoms with E-state index in [1.165, 1.54) is 23.2 Å². The van der Waals surface area contributed by atoms with E-state index in [0.29, 0.717) is 24.2 Å². The van der Waals surface area contributed by atoms with Crippen LogP contribution in [0.15, 0.2) is 24.4 Å². The summed E-state index contributed by atoms with van der Waals surface area (Å²) in [5.74, 6) is -0.798. The number of anilines is 1. The number of halogens is 5.